The topological polar surface area (TPSA) is 87.6 Å². The Kier molecular flexibility index (Phi) is 12.6. The zero-order valence-electron chi connectivity index (χ0n) is 16.8. The first-order chi connectivity index (χ1) is 12.6. The van der Waals surface area contributed by atoms with E-state index in [0.717, 1.165) is 64.8 Å². The van der Waals surface area contributed by atoms with Crippen molar-refractivity contribution in [2.24, 2.45) is 4.99 Å². The average molecular weight is 375 g/mol. The highest BCUT2D eigenvalue weighted by Crippen LogP contribution is 2.09. The van der Waals surface area contributed by atoms with E-state index in [1.54, 1.807) is 7.11 Å². The van der Waals surface area contributed by atoms with Crippen molar-refractivity contribution in [3.8, 4) is 0 Å². The van der Waals surface area contributed by atoms with Gasteiger partial charge in [-0.25, -0.2) is 0 Å². The molecule has 0 aromatic rings. The minimum atomic E-state index is -0.852. The molecule has 0 aromatic carbocycles. The van der Waals surface area contributed by atoms with Gasteiger partial charge in [-0.05, 0) is 26.7 Å². The summed E-state index contributed by atoms with van der Waals surface area (Å²) in [7, 11) is 1.67. The molecule has 3 N–H and O–H groups in total. The number of nitrogens with zero attached hydrogens (tertiary/aromatic N) is 2. The summed E-state index contributed by atoms with van der Waals surface area (Å²) in [6, 6.07) is 0. The summed E-state index contributed by atoms with van der Waals surface area (Å²) >= 11 is 0. The number of ether oxygens (including phenoxy) is 3. The third-order valence-corrected chi connectivity index (χ3v) is 4.03. The first-order valence-corrected chi connectivity index (χ1v) is 9.69. The van der Waals surface area contributed by atoms with Crippen LogP contribution in [0.3, 0.4) is 0 Å². The molecule has 0 spiro atoms. The number of unbranched alkanes of at least 4 members (excludes halogenated alkanes) is 1. The Morgan fingerprint density at radius 1 is 1.19 bits per heavy atom. The summed E-state index contributed by atoms with van der Waals surface area (Å²) in [5, 5.41) is 17.2. The standard InChI is InChI=1S/C18H38N4O4/c1-4-19-17(20-7-5-6-10-25-14-13-24-3)21-15-18(2,23)16-22-8-11-26-12-9-22/h23H,4-16H2,1-3H3,(H2,19,20,21). The van der Waals surface area contributed by atoms with Crippen LogP contribution >= 0.6 is 0 Å². The number of aliphatic hydroxyl groups is 1. The van der Waals surface area contributed by atoms with Crippen LogP contribution in [-0.2, 0) is 14.2 Å². The summed E-state index contributed by atoms with van der Waals surface area (Å²) < 4.78 is 15.7. The number of β-amino-alcohol motifs (C(OH)–C–C–N with tert-alkyl or cyclic N) is 1. The van der Waals surface area contributed by atoms with E-state index in [0.29, 0.717) is 26.3 Å². The van der Waals surface area contributed by atoms with Crippen LogP contribution in [0, 0.1) is 0 Å². The molecule has 8 nitrogen and oxygen atoms in total. The van der Waals surface area contributed by atoms with Crippen LogP contribution in [0.5, 0.6) is 0 Å². The average Bonchev–Trinajstić information content (AvgIpc) is 2.62. The number of aliphatic imine (C=N–C) groups is 1. The summed E-state index contributed by atoms with van der Waals surface area (Å²) in [6.45, 7) is 11.7. The molecule has 0 bridgehead atoms. The van der Waals surface area contributed by atoms with Crippen LogP contribution in [0.4, 0.5) is 0 Å². The van der Waals surface area contributed by atoms with Gasteiger partial charge in [-0.3, -0.25) is 9.89 Å². The first kappa shape index (κ1) is 23.1. The molecular weight excluding hydrogens is 336 g/mol. The van der Waals surface area contributed by atoms with Crippen LogP contribution < -0.4 is 10.6 Å². The number of guanidine groups is 1. The maximum atomic E-state index is 10.6. The fraction of sp³-hybridized carbons (Fsp3) is 0.944. The molecule has 0 aliphatic carbocycles. The van der Waals surface area contributed by atoms with E-state index in [1.807, 2.05) is 13.8 Å². The Morgan fingerprint density at radius 3 is 2.65 bits per heavy atom. The molecule has 1 aliphatic rings. The van der Waals surface area contributed by atoms with Crippen LogP contribution in [0.15, 0.2) is 4.99 Å². The van der Waals surface area contributed by atoms with Gasteiger partial charge in [0, 0.05) is 46.4 Å². The van der Waals surface area contributed by atoms with Gasteiger partial charge in [0.2, 0.25) is 0 Å². The highest BCUT2D eigenvalue weighted by atomic mass is 16.5. The maximum Gasteiger partial charge on any atom is 0.191 e. The van der Waals surface area contributed by atoms with Crippen molar-refractivity contribution in [2.45, 2.75) is 32.3 Å². The summed E-state index contributed by atoms with van der Waals surface area (Å²) in [6.07, 6.45) is 1.99. The van der Waals surface area contributed by atoms with Crippen molar-refractivity contribution >= 4 is 5.96 Å². The second kappa shape index (κ2) is 14.2. The van der Waals surface area contributed by atoms with E-state index in [2.05, 4.69) is 20.5 Å². The predicted molar refractivity (Wildman–Crippen MR) is 104 cm³/mol. The van der Waals surface area contributed by atoms with E-state index < -0.39 is 5.60 Å². The third kappa shape index (κ3) is 11.6. The molecule has 0 amide bonds. The molecule has 0 saturated carbocycles. The van der Waals surface area contributed by atoms with Crippen molar-refractivity contribution in [1.82, 2.24) is 15.5 Å². The van der Waals surface area contributed by atoms with E-state index in [-0.39, 0.29) is 0 Å². The Morgan fingerprint density at radius 2 is 1.96 bits per heavy atom. The molecule has 1 saturated heterocycles. The van der Waals surface area contributed by atoms with Gasteiger partial charge in [-0.2, -0.15) is 0 Å². The van der Waals surface area contributed by atoms with Crippen molar-refractivity contribution in [2.75, 3.05) is 79.4 Å². The number of methoxy groups -OCH3 is 1. The van der Waals surface area contributed by atoms with Crippen LogP contribution in [0.25, 0.3) is 0 Å². The molecule has 8 heteroatoms. The normalized spacial score (nSPS) is 18.5. The molecule has 26 heavy (non-hydrogen) atoms. The summed E-state index contributed by atoms with van der Waals surface area (Å²) in [5.41, 5.74) is -0.852. The smallest absolute Gasteiger partial charge is 0.191 e. The Labute approximate surface area is 158 Å². The van der Waals surface area contributed by atoms with E-state index in [4.69, 9.17) is 14.2 Å². The number of morpholine rings is 1. The van der Waals surface area contributed by atoms with Crippen molar-refractivity contribution in [3.63, 3.8) is 0 Å². The van der Waals surface area contributed by atoms with Gasteiger partial charge in [0.05, 0.1) is 38.6 Å². The van der Waals surface area contributed by atoms with Crippen LogP contribution in [-0.4, -0.2) is 101 Å². The highest BCUT2D eigenvalue weighted by Gasteiger charge is 2.25. The second-order valence-corrected chi connectivity index (χ2v) is 6.82. The number of rotatable bonds is 13. The lowest BCUT2D eigenvalue weighted by Gasteiger charge is -2.33. The molecule has 1 aliphatic heterocycles. The van der Waals surface area contributed by atoms with Crippen molar-refractivity contribution < 1.29 is 19.3 Å². The van der Waals surface area contributed by atoms with Crippen molar-refractivity contribution in [1.29, 1.82) is 0 Å². The predicted octanol–water partition coefficient (Wildman–Crippen LogP) is 0.0679. The van der Waals surface area contributed by atoms with Gasteiger partial charge in [0.25, 0.3) is 0 Å². The van der Waals surface area contributed by atoms with Crippen LogP contribution in [0.2, 0.25) is 0 Å². The summed E-state index contributed by atoms with van der Waals surface area (Å²) in [5.74, 6) is 0.745. The van der Waals surface area contributed by atoms with Gasteiger partial charge >= 0.3 is 0 Å². The lowest BCUT2D eigenvalue weighted by Crippen LogP contribution is -2.48. The van der Waals surface area contributed by atoms with Crippen LogP contribution in [0.1, 0.15) is 26.7 Å². The number of hydrogen-bond donors (Lipinski definition) is 3. The zero-order valence-corrected chi connectivity index (χ0v) is 16.8. The Bertz CT molecular complexity index is 374. The number of nitrogens with one attached hydrogen (secondary N) is 2. The van der Waals surface area contributed by atoms with Crippen molar-refractivity contribution in [3.05, 3.63) is 0 Å². The Hall–Kier alpha value is -0.930. The first-order valence-electron chi connectivity index (χ1n) is 9.69. The van der Waals surface area contributed by atoms with E-state index in [9.17, 15) is 5.11 Å². The summed E-state index contributed by atoms with van der Waals surface area (Å²) in [4.78, 5) is 6.77. The molecule has 0 aromatic heterocycles. The lowest BCUT2D eigenvalue weighted by atomic mass is 10.1. The fourth-order valence-corrected chi connectivity index (χ4v) is 2.66. The van der Waals surface area contributed by atoms with Gasteiger partial charge in [0.15, 0.2) is 5.96 Å². The monoisotopic (exact) mass is 374 g/mol. The molecular formula is C18H38N4O4. The molecule has 1 unspecified atom stereocenters. The van der Waals surface area contributed by atoms with E-state index >= 15 is 0 Å². The van der Waals surface area contributed by atoms with E-state index in [1.165, 1.54) is 0 Å². The maximum absolute atomic E-state index is 10.6. The second-order valence-electron chi connectivity index (χ2n) is 6.82. The quantitative estimate of drug-likeness (QED) is 0.239. The third-order valence-electron chi connectivity index (χ3n) is 4.03. The SMILES string of the molecule is CCNC(=NCC(C)(O)CN1CCOCC1)NCCCCOCCOC. The van der Waals surface area contributed by atoms with Gasteiger partial charge in [-0.15, -0.1) is 0 Å². The molecule has 1 rings (SSSR count). The fourth-order valence-electron chi connectivity index (χ4n) is 2.66. The Balaban J connectivity index is 2.25. The number of hydrogen-bond acceptors (Lipinski definition) is 6. The van der Waals surface area contributed by atoms with Gasteiger partial charge < -0.3 is 30.0 Å². The molecule has 1 heterocycles. The minimum absolute atomic E-state index is 0.361. The molecule has 1 fully saturated rings. The minimum Gasteiger partial charge on any atom is -0.387 e. The van der Waals surface area contributed by atoms with Gasteiger partial charge in [-0.1, -0.05) is 0 Å². The largest absolute Gasteiger partial charge is 0.387 e. The lowest BCUT2D eigenvalue weighted by molar-refractivity contribution is -0.0179. The van der Waals surface area contributed by atoms with Gasteiger partial charge in [0.1, 0.15) is 0 Å². The zero-order chi connectivity index (χ0) is 19.1. The molecule has 1 atom stereocenters. The molecule has 154 valence electrons. The highest BCUT2D eigenvalue weighted by molar-refractivity contribution is 5.79. The molecule has 0 radical (unpaired) electrons.